The molecule has 2 atom stereocenters. The highest BCUT2D eigenvalue weighted by molar-refractivity contribution is 7.22. The van der Waals surface area contributed by atoms with Crippen LogP contribution in [0, 0.1) is 5.92 Å². The van der Waals surface area contributed by atoms with Crippen LogP contribution in [-0.4, -0.2) is 34.3 Å². The number of benzene rings is 2. The molecule has 0 radical (unpaired) electrons. The van der Waals surface area contributed by atoms with Crippen molar-refractivity contribution in [2.45, 2.75) is 31.7 Å². The van der Waals surface area contributed by atoms with Gasteiger partial charge in [0.1, 0.15) is 12.1 Å². The number of aliphatic carboxylic acids is 1. The fraction of sp³-hybridized carbons (Fsp3) is 0.296. The summed E-state index contributed by atoms with van der Waals surface area (Å²) in [5.41, 5.74) is 3.51. The van der Waals surface area contributed by atoms with E-state index in [1.807, 2.05) is 56.3 Å². The van der Waals surface area contributed by atoms with Gasteiger partial charge in [0.05, 0.1) is 28.3 Å². The molecule has 174 valence electrons. The predicted octanol–water partition coefficient (Wildman–Crippen LogP) is 5.91. The first-order chi connectivity index (χ1) is 16.5. The fourth-order valence-corrected chi connectivity index (χ4v) is 5.76. The van der Waals surface area contributed by atoms with Crippen molar-refractivity contribution in [2.24, 2.45) is 5.92 Å². The van der Waals surface area contributed by atoms with Gasteiger partial charge in [-0.1, -0.05) is 68.4 Å². The summed E-state index contributed by atoms with van der Waals surface area (Å²) in [7, 11) is 0. The normalized spacial score (nSPS) is 18.9. The highest BCUT2D eigenvalue weighted by Crippen LogP contribution is 2.40. The van der Waals surface area contributed by atoms with Crippen molar-refractivity contribution in [2.75, 3.05) is 18.5 Å². The van der Waals surface area contributed by atoms with Crippen LogP contribution in [0.5, 0.6) is 0 Å². The molecule has 1 aliphatic rings. The number of hydrogen-bond acceptors (Lipinski definition) is 6. The molecule has 1 saturated heterocycles. The van der Waals surface area contributed by atoms with Gasteiger partial charge in [0.15, 0.2) is 0 Å². The predicted molar refractivity (Wildman–Crippen MR) is 135 cm³/mol. The Bertz CT molecular complexity index is 1300. The number of hydrogen-bond donors (Lipinski definition) is 2. The second kappa shape index (κ2) is 9.16. The Labute approximate surface area is 202 Å². The quantitative estimate of drug-likeness (QED) is 0.347. The Kier molecular flexibility index (Phi) is 6.06. The molecule has 0 spiro atoms. The third-order valence-corrected chi connectivity index (χ3v) is 7.68. The molecular weight excluding hydrogens is 446 g/mol. The van der Waals surface area contributed by atoms with Crippen LogP contribution in [0.4, 0.5) is 5.82 Å². The minimum Gasteiger partial charge on any atom is -0.481 e. The van der Waals surface area contributed by atoms with E-state index in [1.54, 1.807) is 17.7 Å². The molecule has 3 heterocycles. The van der Waals surface area contributed by atoms with Gasteiger partial charge < -0.3 is 15.2 Å². The lowest BCUT2D eigenvalue weighted by atomic mass is 9.84. The lowest BCUT2D eigenvalue weighted by Crippen LogP contribution is -2.36. The Balaban J connectivity index is 1.50. The van der Waals surface area contributed by atoms with E-state index < -0.39 is 17.4 Å². The molecule has 34 heavy (non-hydrogen) atoms. The minimum atomic E-state index is -0.796. The SMILES string of the molecule is CC(C)C(C(=O)O)c1ccc(C2(Nc3ncnc4cc(-c5ccccc5)sc34)CCOC2)cc1. The highest BCUT2D eigenvalue weighted by atomic mass is 32.1. The van der Waals surface area contributed by atoms with E-state index in [0.29, 0.717) is 13.2 Å². The summed E-state index contributed by atoms with van der Waals surface area (Å²) in [5.74, 6) is -0.522. The van der Waals surface area contributed by atoms with Crippen molar-refractivity contribution < 1.29 is 14.6 Å². The average Bonchev–Trinajstić information content (AvgIpc) is 3.48. The second-order valence-electron chi connectivity index (χ2n) is 9.10. The Morgan fingerprint density at radius 3 is 2.53 bits per heavy atom. The molecule has 5 rings (SSSR count). The van der Waals surface area contributed by atoms with E-state index in [2.05, 4.69) is 33.5 Å². The van der Waals surface area contributed by atoms with Crippen molar-refractivity contribution in [1.29, 1.82) is 0 Å². The first kappa shape index (κ1) is 22.5. The number of thiophene rings is 1. The van der Waals surface area contributed by atoms with Crippen LogP contribution >= 0.6 is 11.3 Å². The molecule has 2 unspecified atom stereocenters. The lowest BCUT2D eigenvalue weighted by molar-refractivity contribution is -0.139. The van der Waals surface area contributed by atoms with Gasteiger partial charge in [0, 0.05) is 17.9 Å². The first-order valence-electron chi connectivity index (χ1n) is 11.5. The zero-order chi connectivity index (χ0) is 23.7. The van der Waals surface area contributed by atoms with Gasteiger partial charge in [-0.05, 0) is 28.7 Å². The number of aromatic nitrogens is 2. The van der Waals surface area contributed by atoms with Crippen LogP contribution in [0.2, 0.25) is 0 Å². The van der Waals surface area contributed by atoms with Gasteiger partial charge in [-0.25, -0.2) is 9.97 Å². The van der Waals surface area contributed by atoms with Crippen LogP contribution in [0.1, 0.15) is 37.3 Å². The molecule has 0 aliphatic carbocycles. The molecule has 7 heteroatoms. The number of ether oxygens (including phenoxy) is 1. The largest absolute Gasteiger partial charge is 0.481 e. The highest BCUT2D eigenvalue weighted by Gasteiger charge is 2.38. The summed E-state index contributed by atoms with van der Waals surface area (Å²) in [6, 6.07) is 20.3. The number of carboxylic acids is 1. The maximum absolute atomic E-state index is 11.8. The standard InChI is InChI=1S/C27H27N3O3S/c1-17(2)23(26(31)32)19-8-10-20(11-9-19)27(12-13-33-15-27)30-25-24-21(28-16-29-25)14-22(34-24)18-6-4-3-5-7-18/h3-11,14,16-17,23H,12-13,15H2,1-2H3,(H,31,32)(H,28,29,30). The van der Waals surface area contributed by atoms with Crippen molar-refractivity contribution in [3.05, 3.63) is 78.1 Å². The molecule has 6 nitrogen and oxygen atoms in total. The van der Waals surface area contributed by atoms with Crippen LogP contribution in [-0.2, 0) is 15.1 Å². The number of rotatable bonds is 7. The van der Waals surface area contributed by atoms with Gasteiger partial charge in [-0.3, -0.25) is 4.79 Å². The van der Waals surface area contributed by atoms with E-state index in [0.717, 1.165) is 44.0 Å². The van der Waals surface area contributed by atoms with Gasteiger partial charge in [-0.2, -0.15) is 0 Å². The third kappa shape index (κ3) is 4.17. The van der Waals surface area contributed by atoms with Gasteiger partial charge in [0.2, 0.25) is 0 Å². The summed E-state index contributed by atoms with van der Waals surface area (Å²) in [4.78, 5) is 22.0. The summed E-state index contributed by atoms with van der Waals surface area (Å²) >= 11 is 1.67. The van der Waals surface area contributed by atoms with Crippen LogP contribution in [0.25, 0.3) is 20.7 Å². The number of carboxylic acid groups (broad SMARTS) is 1. The van der Waals surface area contributed by atoms with Crippen molar-refractivity contribution >= 4 is 33.3 Å². The lowest BCUT2D eigenvalue weighted by Gasteiger charge is -2.30. The van der Waals surface area contributed by atoms with E-state index in [4.69, 9.17) is 4.74 Å². The number of nitrogens with zero attached hydrogens (tertiary/aromatic N) is 2. The fourth-order valence-electron chi connectivity index (χ4n) is 4.70. The third-order valence-electron chi connectivity index (χ3n) is 6.50. The zero-order valence-corrected chi connectivity index (χ0v) is 20.0. The van der Waals surface area contributed by atoms with Crippen molar-refractivity contribution in [1.82, 2.24) is 9.97 Å². The topological polar surface area (TPSA) is 84.3 Å². The summed E-state index contributed by atoms with van der Waals surface area (Å²) in [6.45, 7) is 5.03. The summed E-state index contributed by atoms with van der Waals surface area (Å²) in [5, 5.41) is 13.4. The Hall–Kier alpha value is -3.29. The van der Waals surface area contributed by atoms with Crippen LogP contribution in [0.3, 0.4) is 0 Å². The molecule has 2 aromatic carbocycles. The summed E-state index contributed by atoms with van der Waals surface area (Å²) < 4.78 is 6.84. The van der Waals surface area contributed by atoms with E-state index >= 15 is 0 Å². The molecule has 0 amide bonds. The molecule has 1 aliphatic heterocycles. The van der Waals surface area contributed by atoms with Crippen molar-refractivity contribution in [3.63, 3.8) is 0 Å². The van der Waals surface area contributed by atoms with Gasteiger partial charge in [0.25, 0.3) is 0 Å². The number of nitrogens with one attached hydrogen (secondary N) is 1. The maximum Gasteiger partial charge on any atom is 0.311 e. The molecule has 4 aromatic rings. The van der Waals surface area contributed by atoms with Crippen LogP contribution < -0.4 is 5.32 Å². The van der Waals surface area contributed by atoms with E-state index in [-0.39, 0.29) is 5.92 Å². The summed E-state index contributed by atoms with van der Waals surface area (Å²) in [6.07, 6.45) is 2.39. The number of anilines is 1. The van der Waals surface area contributed by atoms with Gasteiger partial charge >= 0.3 is 5.97 Å². The maximum atomic E-state index is 11.8. The smallest absolute Gasteiger partial charge is 0.311 e. The Morgan fingerprint density at radius 2 is 1.88 bits per heavy atom. The molecule has 1 fully saturated rings. The van der Waals surface area contributed by atoms with E-state index in [9.17, 15) is 9.90 Å². The van der Waals surface area contributed by atoms with Crippen LogP contribution in [0.15, 0.2) is 67.0 Å². The minimum absolute atomic E-state index is 0.0113. The second-order valence-corrected chi connectivity index (χ2v) is 10.2. The molecule has 0 saturated carbocycles. The average molecular weight is 474 g/mol. The molecule has 2 N–H and O–H groups in total. The first-order valence-corrected chi connectivity index (χ1v) is 12.3. The number of fused-ring (bicyclic) bond motifs is 1. The molecular formula is C27H27N3O3S. The number of carbonyl (C=O) groups is 1. The monoisotopic (exact) mass is 473 g/mol. The van der Waals surface area contributed by atoms with Gasteiger partial charge in [-0.15, -0.1) is 11.3 Å². The van der Waals surface area contributed by atoms with E-state index in [1.165, 1.54) is 0 Å². The molecule has 2 aromatic heterocycles. The molecule has 0 bridgehead atoms. The zero-order valence-electron chi connectivity index (χ0n) is 19.2. The Morgan fingerprint density at radius 1 is 1.12 bits per heavy atom. The van der Waals surface area contributed by atoms with Crippen molar-refractivity contribution in [3.8, 4) is 10.4 Å².